The Labute approximate surface area is 132 Å². The number of hydrogen-bond donors (Lipinski definition) is 0. The van der Waals surface area contributed by atoms with Crippen molar-refractivity contribution >= 4 is 5.97 Å². The number of benzene rings is 1. The van der Waals surface area contributed by atoms with Crippen LogP contribution in [0.4, 0.5) is 0 Å². The van der Waals surface area contributed by atoms with Gasteiger partial charge >= 0.3 is 29.6 Å². The topological polar surface area (TPSA) is 40.1 Å². The predicted octanol–water partition coefficient (Wildman–Crippen LogP) is 0.0811. The van der Waals surface area contributed by atoms with E-state index in [-0.39, 0.29) is 35.5 Å². The molecule has 2 nitrogen and oxygen atoms in total. The van der Waals surface area contributed by atoms with Crippen molar-refractivity contribution in [3.63, 3.8) is 0 Å². The second-order valence-electron chi connectivity index (χ2n) is 4.71. The molecular weight excluding hydrogens is 235 g/mol. The Kier molecular flexibility index (Phi) is 7.84. The van der Waals surface area contributed by atoms with E-state index in [4.69, 9.17) is 0 Å². The maximum absolute atomic E-state index is 11.2. The van der Waals surface area contributed by atoms with E-state index < -0.39 is 5.97 Å². The van der Waals surface area contributed by atoms with E-state index in [2.05, 4.69) is 27.7 Å². The van der Waals surface area contributed by atoms with Crippen molar-refractivity contribution < 1.29 is 39.5 Å². The fourth-order valence-electron chi connectivity index (χ4n) is 2.16. The molecule has 0 radical (unpaired) electrons. The number of hydrogen-bond acceptors (Lipinski definition) is 2. The van der Waals surface area contributed by atoms with E-state index in [0.29, 0.717) is 11.5 Å². The second kappa shape index (κ2) is 7.98. The van der Waals surface area contributed by atoms with Crippen LogP contribution in [0.5, 0.6) is 0 Å². The van der Waals surface area contributed by atoms with E-state index in [1.807, 2.05) is 12.1 Å². The number of carboxylic acid groups (broad SMARTS) is 1. The Morgan fingerprint density at radius 2 is 1.72 bits per heavy atom. The molecule has 2 atom stereocenters. The molecule has 0 spiro atoms. The monoisotopic (exact) mass is 256 g/mol. The van der Waals surface area contributed by atoms with E-state index in [1.165, 1.54) is 0 Å². The van der Waals surface area contributed by atoms with E-state index in [9.17, 15) is 9.90 Å². The first-order valence-electron chi connectivity index (χ1n) is 6.37. The molecule has 2 unspecified atom stereocenters. The van der Waals surface area contributed by atoms with Crippen molar-refractivity contribution in [3.8, 4) is 0 Å². The van der Waals surface area contributed by atoms with Crippen molar-refractivity contribution in [2.45, 2.75) is 52.4 Å². The SMILES string of the molecule is CCC(C)c1cccc(C(=O)[O-])c1C(C)CC.[Na+]. The van der Waals surface area contributed by atoms with Crippen molar-refractivity contribution in [3.05, 3.63) is 34.9 Å². The van der Waals surface area contributed by atoms with E-state index >= 15 is 0 Å². The van der Waals surface area contributed by atoms with Crippen molar-refractivity contribution in [1.29, 1.82) is 0 Å². The molecule has 0 amide bonds. The molecule has 1 aromatic carbocycles. The Morgan fingerprint density at radius 3 is 2.17 bits per heavy atom. The predicted molar refractivity (Wildman–Crippen MR) is 68.2 cm³/mol. The van der Waals surface area contributed by atoms with Gasteiger partial charge in [-0.25, -0.2) is 0 Å². The zero-order valence-electron chi connectivity index (χ0n) is 12.1. The van der Waals surface area contributed by atoms with Gasteiger partial charge in [-0.05, 0) is 35.8 Å². The summed E-state index contributed by atoms with van der Waals surface area (Å²) in [7, 11) is 0. The summed E-state index contributed by atoms with van der Waals surface area (Å²) in [5, 5.41) is 11.2. The molecule has 1 aromatic rings. The van der Waals surface area contributed by atoms with Gasteiger partial charge < -0.3 is 9.90 Å². The summed E-state index contributed by atoms with van der Waals surface area (Å²) in [6.45, 7) is 8.42. The molecule has 0 N–H and O–H groups in total. The minimum Gasteiger partial charge on any atom is -0.545 e. The Hall–Kier alpha value is -0.310. The third-order valence-corrected chi connectivity index (χ3v) is 3.61. The maximum Gasteiger partial charge on any atom is 1.00 e. The maximum atomic E-state index is 11.2. The molecule has 1 rings (SSSR count). The molecule has 0 bridgehead atoms. The second-order valence-corrected chi connectivity index (χ2v) is 4.71. The summed E-state index contributed by atoms with van der Waals surface area (Å²) in [4.78, 5) is 11.2. The van der Waals surface area contributed by atoms with Gasteiger partial charge in [0.05, 0.1) is 5.97 Å². The molecule has 0 aliphatic rings. The third-order valence-electron chi connectivity index (χ3n) is 3.61. The molecule has 0 saturated carbocycles. The number of aromatic carboxylic acids is 1. The first kappa shape index (κ1) is 17.7. The normalized spacial score (nSPS) is 13.6. The van der Waals surface area contributed by atoms with Crippen LogP contribution in [0.2, 0.25) is 0 Å². The first-order chi connectivity index (χ1) is 8.02. The fraction of sp³-hybridized carbons (Fsp3) is 0.533. The van der Waals surface area contributed by atoms with Gasteiger partial charge in [-0.15, -0.1) is 0 Å². The van der Waals surface area contributed by atoms with Gasteiger partial charge in [0.2, 0.25) is 0 Å². The molecule has 3 heteroatoms. The van der Waals surface area contributed by atoms with Crippen LogP contribution in [0.3, 0.4) is 0 Å². The molecule has 0 aliphatic heterocycles. The standard InChI is InChI=1S/C15H22O2.Na/c1-5-10(3)12-8-7-9-13(15(16)17)14(12)11(4)6-2;/h7-11H,5-6H2,1-4H3,(H,16,17);/q;+1/p-1. The largest absolute Gasteiger partial charge is 1.00 e. The van der Waals surface area contributed by atoms with Crippen LogP contribution in [0.15, 0.2) is 18.2 Å². The van der Waals surface area contributed by atoms with Crippen LogP contribution in [0.1, 0.15) is 73.9 Å². The minimum atomic E-state index is -1.06. The quantitative estimate of drug-likeness (QED) is 0.700. The van der Waals surface area contributed by atoms with Gasteiger partial charge in [0.25, 0.3) is 0 Å². The molecule has 18 heavy (non-hydrogen) atoms. The van der Waals surface area contributed by atoms with Gasteiger partial charge in [-0.3, -0.25) is 0 Å². The zero-order chi connectivity index (χ0) is 13.0. The average molecular weight is 256 g/mol. The van der Waals surface area contributed by atoms with Crippen LogP contribution >= 0.6 is 0 Å². The van der Waals surface area contributed by atoms with Gasteiger partial charge in [-0.1, -0.05) is 45.9 Å². The van der Waals surface area contributed by atoms with Crippen molar-refractivity contribution in [1.82, 2.24) is 0 Å². The smallest absolute Gasteiger partial charge is 0.545 e. The number of carbonyl (C=O) groups is 1. The molecule has 0 heterocycles. The van der Waals surface area contributed by atoms with Crippen molar-refractivity contribution in [2.24, 2.45) is 0 Å². The number of carbonyl (C=O) groups excluding carboxylic acids is 1. The fourth-order valence-corrected chi connectivity index (χ4v) is 2.16. The molecule has 0 aliphatic carbocycles. The van der Waals surface area contributed by atoms with E-state index in [1.54, 1.807) is 6.07 Å². The number of carboxylic acids is 1. The van der Waals surface area contributed by atoms with Crippen molar-refractivity contribution in [2.75, 3.05) is 0 Å². The summed E-state index contributed by atoms with van der Waals surface area (Å²) in [6.07, 6.45) is 1.95. The Bertz CT molecular complexity index is 401. The molecule has 0 fully saturated rings. The van der Waals surface area contributed by atoms with E-state index in [0.717, 1.165) is 24.0 Å². The zero-order valence-corrected chi connectivity index (χ0v) is 14.1. The summed E-state index contributed by atoms with van der Waals surface area (Å²) < 4.78 is 0. The molecular formula is C15H21NaO2. The van der Waals surface area contributed by atoms with Gasteiger partial charge in [-0.2, -0.15) is 0 Å². The van der Waals surface area contributed by atoms with Gasteiger partial charge in [0, 0.05) is 5.56 Å². The minimum absolute atomic E-state index is 0. The van der Waals surface area contributed by atoms with Crippen LogP contribution in [-0.2, 0) is 0 Å². The molecule has 0 aromatic heterocycles. The Morgan fingerprint density at radius 1 is 1.17 bits per heavy atom. The molecule has 0 saturated heterocycles. The summed E-state index contributed by atoms with van der Waals surface area (Å²) >= 11 is 0. The molecule has 94 valence electrons. The van der Waals surface area contributed by atoms with Gasteiger partial charge in [0.1, 0.15) is 0 Å². The summed E-state index contributed by atoms with van der Waals surface area (Å²) in [6, 6.07) is 5.52. The third kappa shape index (κ3) is 3.84. The van der Waals surface area contributed by atoms with Crippen LogP contribution in [0, 0.1) is 0 Å². The summed E-state index contributed by atoms with van der Waals surface area (Å²) in [5.41, 5.74) is 2.48. The van der Waals surface area contributed by atoms with Crippen LogP contribution in [0.25, 0.3) is 0 Å². The number of rotatable bonds is 5. The Balaban J connectivity index is 0.00000289. The van der Waals surface area contributed by atoms with Crippen LogP contribution in [-0.4, -0.2) is 5.97 Å². The summed E-state index contributed by atoms with van der Waals surface area (Å²) in [5.74, 6) is -0.420. The average Bonchev–Trinajstić information content (AvgIpc) is 2.35. The first-order valence-corrected chi connectivity index (χ1v) is 6.37. The van der Waals surface area contributed by atoms with Gasteiger partial charge in [0.15, 0.2) is 0 Å². The van der Waals surface area contributed by atoms with Crippen LogP contribution < -0.4 is 34.7 Å².